The van der Waals surface area contributed by atoms with Crippen molar-refractivity contribution in [2.24, 2.45) is 23.0 Å². The SMILES string of the molecule is CC1CCC(C)C(CN)(N2CCC(C)(C)C2)C1. The van der Waals surface area contributed by atoms with Crippen LogP contribution in [0.15, 0.2) is 0 Å². The lowest BCUT2D eigenvalue weighted by Crippen LogP contribution is -2.59. The minimum absolute atomic E-state index is 0.297. The van der Waals surface area contributed by atoms with E-state index in [1.807, 2.05) is 0 Å². The number of nitrogens with two attached hydrogens (primary N) is 1. The zero-order chi connectivity index (χ0) is 12.7. The largest absolute Gasteiger partial charge is 0.329 e. The van der Waals surface area contributed by atoms with E-state index in [-0.39, 0.29) is 0 Å². The molecule has 1 heterocycles. The van der Waals surface area contributed by atoms with Gasteiger partial charge in [-0.05, 0) is 43.1 Å². The first kappa shape index (κ1) is 13.4. The van der Waals surface area contributed by atoms with E-state index in [2.05, 4.69) is 32.6 Å². The molecule has 3 atom stereocenters. The molecule has 2 heteroatoms. The van der Waals surface area contributed by atoms with Crippen LogP contribution in [-0.4, -0.2) is 30.1 Å². The molecule has 2 rings (SSSR count). The van der Waals surface area contributed by atoms with Gasteiger partial charge in [-0.3, -0.25) is 4.90 Å². The van der Waals surface area contributed by atoms with Crippen LogP contribution in [0.4, 0.5) is 0 Å². The Morgan fingerprint density at radius 2 is 1.94 bits per heavy atom. The standard InChI is InChI=1S/C15H30N2/c1-12-5-6-13(2)15(9-12,10-16)17-8-7-14(3,4)11-17/h12-13H,5-11,16H2,1-4H3. The first-order valence-electron chi connectivity index (χ1n) is 7.35. The average Bonchev–Trinajstić information content (AvgIpc) is 2.63. The molecule has 0 amide bonds. The van der Waals surface area contributed by atoms with Crippen molar-refractivity contribution in [1.29, 1.82) is 0 Å². The third-order valence-corrected chi connectivity index (χ3v) is 5.37. The third kappa shape index (κ3) is 2.39. The van der Waals surface area contributed by atoms with Crippen molar-refractivity contribution < 1.29 is 0 Å². The molecule has 0 aromatic heterocycles. The molecule has 2 fully saturated rings. The highest BCUT2D eigenvalue weighted by atomic mass is 15.2. The highest BCUT2D eigenvalue weighted by Gasteiger charge is 2.47. The Morgan fingerprint density at radius 3 is 2.47 bits per heavy atom. The van der Waals surface area contributed by atoms with E-state index in [9.17, 15) is 0 Å². The summed E-state index contributed by atoms with van der Waals surface area (Å²) in [5, 5.41) is 0. The predicted molar refractivity (Wildman–Crippen MR) is 73.9 cm³/mol. The number of likely N-dealkylation sites (tertiary alicyclic amines) is 1. The third-order valence-electron chi connectivity index (χ3n) is 5.37. The summed E-state index contributed by atoms with van der Waals surface area (Å²) in [6, 6.07) is 0. The van der Waals surface area contributed by atoms with Gasteiger partial charge in [0.2, 0.25) is 0 Å². The van der Waals surface area contributed by atoms with E-state index < -0.39 is 0 Å². The molecule has 0 bridgehead atoms. The number of hydrogen-bond acceptors (Lipinski definition) is 2. The fourth-order valence-electron chi connectivity index (χ4n) is 4.06. The van der Waals surface area contributed by atoms with Gasteiger partial charge in [0, 0.05) is 18.6 Å². The molecular formula is C15H30N2. The van der Waals surface area contributed by atoms with E-state index in [0.717, 1.165) is 18.4 Å². The summed E-state index contributed by atoms with van der Waals surface area (Å²) < 4.78 is 0. The van der Waals surface area contributed by atoms with Gasteiger partial charge in [-0.25, -0.2) is 0 Å². The Kier molecular flexibility index (Phi) is 3.57. The number of nitrogens with zero attached hydrogens (tertiary/aromatic N) is 1. The molecule has 100 valence electrons. The van der Waals surface area contributed by atoms with Crippen molar-refractivity contribution in [3.63, 3.8) is 0 Å². The molecule has 1 saturated carbocycles. The molecule has 0 aromatic rings. The van der Waals surface area contributed by atoms with Crippen molar-refractivity contribution in [3.05, 3.63) is 0 Å². The summed E-state index contributed by atoms with van der Waals surface area (Å²) in [5.74, 6) is 1.61. The average molecular weight is 238 g/mol. The lowest BCUT2D eigenvalue weighted by Gasteiger charge is -2.51. The van der Waals surface area contributed by atoms with Gasteiger partial charge in [0.25, 0.3) is 0 Å². The van der Waals surface area contributed by atoms with Gasteiger partial charge in [0.1, 0.15) is 0 Å². The lowest BCUT2D eigenvalue weighted by molar-refractivity contribution is 0.00669. The molecule has 2 nitrogen and oxygen atoms in total. The normalized spacial score (nSPS) is 42.9. The fourth-order valence-corrected chi connectivity index (χ4v) is 4.06. The van der Waals surface area contributed by atoms with Crippen molar-refractivity contribution in [2.45, 2.75) is 58.9 Å². The molecule has 0 aromatic carbocycles. The van der Waals surface area contributed by atoms with Gasteiger partial charge in [-0.2, -0.15) is 0 Å². The van der Waals surface area contributed by atoms with Crippen LogP contribution in [0, 0.1) is 17.3 Å². The van der Waals surface area contributed by atoms with Gasteiger partial charge >= 0.3 is 0 Å². The van der Waals surface area contributed by atoms with Crippen molar-refractivity contribution in [2.75, 3.05) is 19.6 Å². The van der Waals surface area contributed by atoms with Gasteiger partial charge in [0.05, 0.1) is 0 Å². The molecule has 3 unspecified atom stereocenters. The molecule has 17 heavy (non-hydrogen) atoms. The summed E-state index contributed by atoms with van der Waals surface area (Å²) in [7, 11) is 0. The van der Waals surface area contributed by atoms with Crippen LogP contribution in [0.2, 0.25) is 0 Å². The quantitative estimate of drug-likeness (QED) is 0.801. The molecule has 2 aliphatic rings. The van der Waals surface area contributed by atoms with Gasteiger partial charge in [-0.1, -0.05) is 34.1 Å². The van der Waals surface area contributed by atoms with Crippen LogP contribution in [0.1, 0.15) is 53.4 Å². The highest BCUT2D eigenvalue weighted by Crippen LogP contribution is 2.44. The van der Waals surface area contributed by atoms with Crippen LogP contribution in [0.3, 0.4) is 0 Å². The summed E-state index contributed by atoms with van der Waals surface area (Å²) in [6.07, 6.45) is 5.38. The lowest BCUT2D eigenvalue weighted by atomic mass is 9.68. The minimum atomic E-state index is 0.297. The second-order valence-corrected chi connectivity index (χ2v) is 7.43. The maximum atomic E-state index is 6.22. The Morgan fingerprint density at radius 1 is 1.24 bits per heavy atom. The summed E-state index contributed by atoms with van der Waals surface area (Å²) in [5.41, 5.74) is 7.00. The van der Waals surface area contributed by atoms with E-state index in [1.165, 1.54) is 38.8 Å². The zero-order valence-corrected chi connectivity index (χ0v) is 12.1. The fraction of sp³-hybridized carbons (Fsp3) is 1.00. The second-order valence-electron chi connectivity index (χ2n) is 7.43. The van der Waals surface area contributed by atoms with Crippen molar-refractivity contribution >= 4 is 0 Å². The van der Waals surface area contributed by atoms with Gasteiger partial charge in [-0.15, -0.1) is 0 Å². The first-order chi connectivity index (χ1) is 7.89. The van der Waals surface area contributed by atoms with E-state index in [1.54, 1.807) is 0 Å². The monoisotopic (exact) mass is 238 g/mol. The van der Waals surface area contributed by atoms with Gasteiger partial charge in [0.15, 0.2) is 0 Å². The van der Waals surface area contributed by atoms with Crippen LogP contribution in [-0.2, 0) is 0 Å². The van der Waals surface area contributed by atoms with E-state index in [0.29, 0.717) is 11.0 Å². The molecule has 1 aliphatic heterocycles. The van der Waals surface area contributed by atoms with Crippen LogP contribution < -0.4 is 5.73 Å². The van der Waals surface area contributed by atoms with Crippen LogP contribution >= 0.6 is 0 Å². The maximum Gasteiger partial charge on any atom is 0.0359 e. The van der Waals surface area contributed by atoms with Crippen molar-refractivity contribution in [3.8, 4) is 0 Å². The smallest absolute Gasteiger partial charge is 0.0359 e. The topological polar surface area (TPSA) is 29.3 Å². The number of rotatable bonds is 2. The molecule has 0 spiro atoms. The van der Waals surface area contributed by atoms with Crippen LogP contribution in [0.25, 0.3) is 0 Å². The number of hydrogen-bond donors (Lipinski definition) is 1. The predicted octanol–water partition coefficient (Wildman–Crippen LogP) is 2.87. The Hall–Kier alpha value is -0.0800. The molecule has 1 saturated heterocycles. The Balaban J connectivity index is 2.18. The Bertz CT molecular complexity index is 274. The van der Waals surface area contributed by atoms with Crippen LogP contribution in [0.5, 0.6) is 0 Å². The first-order valence-corrected chi connectivity index (χ1v) is 7.35. The van der Waals surface area contributed by atoms with Crippen molar-refractivity contribution in [1.82, 2.24) is 4.90 Å². The van der Waals surface area contributed by atoms with E-state index >= 15 is 0 Å². The second kappa shape index (κ2) is 4.55. The summed E-state index contributed by atoms with van der Waals surface area (Å²) in [4.78, 5) is 2.73. The minimum Gasteiger partial charge on any atom is -0.329 e. The Labute approximate surface area is 107 Å². The van der Waals surface area contributed by atoms with Gasteiger partial charge < -0.3 is 5.73 Å². The van der Waals surface area contributed by atoms with E-state index in [4.69, 9.17) is 5.73 Å². The summed E-state index contributed by atoms with van der Waals surface area (Å²) in [6.45, 7) is 12.9. The highest BCUT2D eigenvalue weighted by molar-refractivity contribution is 5.03. The molecular weight excluding hydrogens is 208 g/mol. The molecule has 0 radical (unpaired) electrons. The summed E-state index contributed by atoms with van der Waals surface area (Å²) >= 11 is 0. The maximum absolute atomic E-state index is 6.22. The zero-order valence-electron chi connectivity index (χ0n) is 12.1. The molecule has 1 aliphatic carbocycles. The molecule has 2 N–H and O–H groups in total.